The Hall–Kier alpha value is -1.66. The zero-order valence-corrected chi connectivity index (χ0v) is 15.9. The molecule has 1 aromatic rings. The highest BCUT2D eigenvalue weighted by molar-refractivity contribution is 5.85. The molecule has 1 rings (SSSR count). The molecule has 1 aromatic carbocycles. The molecule has 0 spiro atoms. The number of rotatable bonds is 9. The molecule has 0 aliphatic heterocycles. The number of nitrogens with two attached hydrogens (primary N) is 1. The van der Waals surface area contributed by atoms with E-state index >= 15 is 0 Å². The molecule has 0 aliphatic carbocycles. The first-order chi connectivity index (χ1) is 10.9. The second kappa shape index (κ2) is 11.0. The van der Waals surface area contributed by atoms with Gasteiger partial charge in [-0.05, 0) is 18.8 Å². The summed E-state index contributed by atoms with van der Waals surface area (Å²) in [5, 5.41) is 2.86. The lowest BCUT2D eigenvalue weighted by Crippen LogP contribution is -2.42. The summed E-state index contributed by atoms with van der Waals surface area (Å²) in [4.78, 5) is 12.0. The predicted molar refractivity (Wildman–Crippen MR) is 97.5 cm³/mol. The number of methoxy groups -OCH3 is 3. The summed E-state index contributed by atoms with van der Waals surface area (Å²) in [6.45, 7) is 4.55. The molecule has 0 saturated heterocycles. The normalized spacial score (nSPS) is 11.5. The molecule has 0 saturated carbocycles. The van der Waals surface area contributed by atoms with Gasteiger partial charge < -0.3 is 25.3 Å². The zero-order valence-electron chi connectivity index (χ0n) is 15.0. The minimum Gasteiger partial charge on any atom is -0.496 e. The fourth-order valence-electron chi connectivity index (χ4n) is 2.38. The Morgan fingerprint density at radius 3 is 2.08 bits per heavy atom. The number of amides is 1. The standard InChI is InChI=1S/C17H28N2O4.ClH/c1-11(2)8-14(18)17(20)19-7-6-13-15(22-4)9-12(21-3)10-16(13)23-5;/h9-11,14H,6-8,18H2,1-5H3,(H,19,20);1H/t14-;/m0./s1. The number of ether oxygens (including phenoxy) is 3. The maximum Gasteiger partial charge on any atom is 0.236 e. The molecule has 1 amide bonds. The zero-order chi connectivity index (χ0) is 17.4. The molecule has 0 heterocycles. The molecule has 0 aliphatic rings. The van der Waals surface area contributed by atoms with Crippen molar-refractivity contribution in [2.45, 2.75) is 32.7 Å². The second-order valence-electron chi connectivity index (χ2n) is 5.79. The summed E-state index contributed by atoms with van der Waals surface area (Å²) in [5.74, 6) is 2.25. The van der Waals surface area contributed by atoms with Crippen LogP contribution in [0.4, 0.5) is 0 Å². The molecule has 3 N–H and O–H groups in total. The van der Waals surface area contributed by atoms with E-state index in [9.17, 15) is 4.79 Å². The molecule has 0 bridgehead atoms. The third kappa shape index (κ3) is 6.45. The lowest BCUT2D eigenvalue weighted by Gasteiger charge is -2.17. The SMILES string of the molecule is COc1cc(OC)c(CCNC(=O)[C@@H](N)CC(C)C)c(OC)c1.Cl. The molecule has 0 unspecified atom stereocenters. The maximum absolute atomic E-state index is 12.0. The first-order valence-electron chi connectivity index (χ1n) is 7.75. The topological polar surface area (TPSA) is 82.8 Å². The number of nitrogens with one attached hydrogen (secondary N) is 1. The van der Waals surface area contributed by atoms with E-state index in [1.54, 1.807) is 33.5 Å². The molecule has 138 valence electrons. The van der Waals surface area contributed by atoms with Crippen LogP contribution in [-0.2, 0) is 11.2 Å². The van der Waals surface area contributed by atoms with Gasteiger partial charge in [-0.3, -0.25) is 4.79 Å². The van der Waals surface area contributed by atoms with E-state index in [4.69, 9.17) is 19.9 Å². The van der Waals surface area contributed by atoms with Crippen molar-refractivity contribution in [1.29, 1.82) is 0 Å². The van der Waals surface area contributed by atoms with Gasteiger partial charge in [-0.2, -0.15) is 0 Å². The van der Waals surface area contributed by atoms with Gasteiger partial charge in [0.25, 0.3) is 0 Å². The number of carbonyl (C=O) groups is 1. The van der Waals surface area contributed by atoms with Crippen molar-refractivity contribution in [2.24, 2.45) is 11.7 Å². The summed E-state index contributed by atoms with van der Waals surface area (Å²) in [6.07, 6.45) is 1.25. The average molecular weight is 361 g/mol. The van der Waals surface area contributed by atoms with Crippen LogP contribution in [-0.4, -0.2) is 39.8 Å². The fraction of sp³-hybridized carbons (Fsp3) is 0.588. The van der Waals surface area contributed by atoms with Gasteiger partial charge in [0.05, 0.1) is 27.4 Å². The average Bonchev–Trinajstić information content (AvgIpc) is 2.53. The van der Waals surface area contributed by atoms with Crippen LogP contribution in [0.1, 0.15) is 25.8 Å². The first-order valence-corrected chi connectivity index (χ1v) is 7.75. The monoisotopic (exact) mass is 360 g/mol. The molecule has 7 heteroatoms. The van der Waals surface area contributed by atoms with Crippen molar-refractivity contribution < 1.29 is 19.0 Å². The van der Waals surface area contributed by atoms with Crippen molar-refractivity contribution in [3.05, 3.63) is 17.7 Å². The van der Waals surface area contributed by atoms with Gasteiger partial charge in [0.2, 0.25) is 5.91 Å². The molecule has 6 nitrogen and oxygen atoms in total. The molecule has 0 fully saturated rings. The van der Waals surface area contributed by atoms with Crippen molar-refractivity contribution in [3.8, 4) is 17.2 Å². The fourth-order valence-corrected chi connectivity index (χ4v) is 2.38. The number of halogens is 1. The van der Waals surface area contributed by atoms with Crippen molar-refractivity contribution in [1.82, 2.24) is 5.32 Å². The largest absolute Gasteiger partial charge is 0.496 e. The third-order valence-electron chi connectivity index (χ3n) is 3.55. The molecule has 0 aromatic heterocycles. The predicted octanol–water partition coefficient (Wildman–Crippen LogP) is 2.17. The van der Waals surface area contributed by atoms with E-state index in [0.29, 0.717) is 42.6 Å². The van der Waals surface area contributed by atoms with Crippen LogP contribution in [0.2, 0.25) is 0 Å². The summed E-state index contributed by atoms with van der Waals surface area (Å²) in [6, 6.07) is 3.11. The van der Waals surface area contributed by atoms with Crippen LogP contribution in [0.25, 0.3) is 0 Å². The first kappa shape index (κ1) is 22.3. The summed E-state index contributed by atoms with van der Waals surface area (Å²) in [5.41, 5.74) is 6.75. The van der Waals surface area contributed by atoms with E-state index in [2.05, 4.69) is 5.32 Å². The van der Waals surface area contributed by atoms with Crippen LogP contribution in [0.5, 0.6) is 17.2 Å². The molecular weight excluding hydrogens is 332 g/mol. The van der Waals surface area contributed by atoms with Crippen LogP contribution < -0.4 is 25.3 Å². The van der Waals surface area contributed by atoms with Gasteiger partial charge in [0.1, 0.15) is 17.2 Å². The Bertz CT molecular complexity index is 498. The van der Waals surface area contributed by atoms with E-state index in [0.717, 1.165) is 5.56 Å². The van der Waals surface area contributed by atoms with Gasteiger partial charge in [-0.1, -0.05) is 13.8 Å². The Balaban J connectivity index is 0.00000529. The van der Waals surface area contributed by atoms with Gasteiger partial charge in [-0.15, -0.1) is 12.4 Å². The number of benzene rings is 1. The van der Waals surface area contributed by atoms with Gasteiger partial charge in [0.15, 0.2) is 0 Å². The van der Waals surface area contributed by atoms with Gasteiger partial charge in [0, 0.05) is 24.2 Å². The van der Waals surface area contributed by atoms with Crippen molar-refractivity contribution in [3.63, 3.8) is 0 Å². The summed E-state index contributed by atoms with van der Waals surface area (Å²) < 4.78 is 16.0. The molecule has 24 heavy (non-hydrogen) atoms. The highest BCUT2D eigenvalue weighted by Crippen LogP contribution is 2.34. The Morgan fingerprint density at radius 2 is 1.67 bits per heavy atom. The number of carbonyl (C=O) groups excluding carboxylic acids is 1. The third-order valence-corrected chi connectivity index (χ3v) is 3.55. The number of hydrogen-bond acceptors (Lipinski definition) is 5. The summed E-state index contributed by atoms with van der Waals surface area (Å²) in [7, 11) is 4.77. The maximum atomic E-state index is 12.0. The van der Waals surface area contributed by atoms with Crippen LogP contribution in [0, 0.1) is 5.92 Å². The Morgan fingerprint density at radius 1 is 1.12 bits per heavy atom. The molecule has 0 radical (unpaired) electrons. The van der Waals surface area contributed by atoms with E-state index in [-0.39, 0.29) is 18.3 Å². The second-order valence-corrected chi connectivity index (χ2v) is 5.79. The lowest BCUT2D eigenvalue weighted by molar-refractivity contribution is -0.122. The van der Waals surface area contributed by atoms with E-state index < -0.39 is 6.04 Å². The van der Waals surface area contributed by atoms with Crippen LogP contribution in [0.15, 0.2) is 12.1 Å². The minimum atomic E-state index is -0.477. The van der Waals surface area contributed by atoms with Gasteiger partial charge in [-0.25, -0.2) is 0 Å². The van der Waals surface area contributed by atoms with Crippen LogP contribution in [0.3, 0.4) is 0 Å². The van der Waals surface area contributed by atoms with Crippen molar-refractivity contribution in [2.75, 3.05) is 27.9 Å². The quantitative estimate of drug-likeness (QED) is 0.705. The molecular formula is C17H29ClN2O4. The van der Waals surface area contributed by atoms with E-state index in [1.807, 2.05) is 13.8 Å². The Kier molecular flexibility index (Phi) is 10.2. The highest BCUT2D eigenvalue weighted by atomic mass is 35.5. The number of hydrogen-bond donors (Lipinski definition) is 2. The smallest absolute Gasteiger partial charge is 0.236 e. The minimum absolute atomic E-state index is 0. The van der Waals surface area contributed by atoms with E-state index in [1.165, 1.54) is 0 Å². The van der Waals surface area contributed by atoms with Crippen LogP contribution >= 0.6 is 12.4 Å². The highest BCUT2D eigenvalue weighted by Gasteiger charge is 2.16. The molecule has 1 atom stereocenters. The lowest BCUT2D eigenvalue weighted by atomic mass is 10.0. The van der Waals surface area contributed by atoms with Crippen molar-refractivity contribution >= 4 is 18.3 Å². The van der Waals surface area contributed by atoms with Gasteiger partial charge >= 0.3 is 0 Å². The summed E-state index contributed by atoms with van der Waals surface area (Å²) >= 11 is 0. The Labute approximate surface area is 150 Å².